The van der Waals surface area contributed by atoms with Crippen molar-refractivity contribution in [2.75, 3.05) is 33.2 Å². The first kappa shape index (κ1) is 18.6. The zero-order valence-corrected chi connectivity index (χ0v) is 15.5. The third-order valence-corrected chi connectivity index (χ3v) is 4.07. The van der Waals surface area contributed by atoms with Crippen LogP contribution >= 0.6 is 0 Å². The van der Waals surface area contributed by atoms with Gasteiger partial charge in [-0.25, -0.2) is 0 Å². The van der Waals surface area contributed by atoms with E-state index in [1.54, 1.807) is 32.4 Å². The Labute approximate surface area is 149 Å². The normalized spacial score (nSPS) is 11.2. The number of nitrogens with zero attached hydrogens (tertiary/aromatic N) is 1. The van der Waals surface area contributed by atoms with Gasteiger partial charge in [-0.15, -0.1) is 0 Å². The summed E-state index contributed by atoms with van der Waals surface area (Å²) in [6.45, 7) is 1.98. The van der Waals surface area contributed by atoms with Crippen molar-refractivity contribution < 1.29 is 14.3 Å². The predicted octanol–water partition coefficient (Wildman–Crippen LogP) is 4.45. The first-order valence-electron chi connectivity index (χ1n) is 8.24. The highest BCUT2D eigenvalue weighted by molar-refractivity contribution is 6.13. The molecule has 0 N–H and O–H groups in total. The van der Waals surface area contributed by atoms with Crippen molar-refractivity contribution in [3.05, 3.63) is 59.2 Å². The number of methoxy groups -OCH3 is 2. The number of anilines is 1. The predicted molar refractivity (Wildman–Crippen MR) is 103 cm³/mol. The molecule has 0 radical (unpaired) electrons. The molecule has 0 saturated heterocycles. The molecule has 0 aliphatic rings. The van der Waals surface area contributed by atoms with Crippen molar-refractivity contribution in [2.45, 2.75) is 13.3 Å². The first-order chi connectivity index (χ1) is 12.0. The lowest BCUT2D eigenvalue weighted by atomic mass is 9.98. The Bertz CT molecular complexity index is 761. The number of ketones is 1. The van der Waals surface area contributed by atoms with Gasteiger partial charge in [0.1, 0.15) is 11.5 Å². The molecule has 4 nitrogen and oxygen atoms in total. The van der Waals surface area contributed by atoms with Crippen molar-refractivity contribution in [3.63, 3.8) is 0 Å². The smallest absolute Gasteiger partial charge is 0.192 e. The van der Waals surface area contributed by atoms with Crippen LogP contribution in [-0.4, -0.2) is 34.1 Å². The minimum Gasteiger partial charge on any atom is -0.497 e. The zero-order chi connectivity index (χ0) is 18.4. The summed E-state index contributed by atoms with van der Waals surface area (Å²) in [5.41, 5.74) is 3.36. The third-order valence-electron chi connectivity index (χ3n) is 4.07. The monoisotopic (exact) mass is 339 g/mol. The molecule has 0 saturated carbocycles. The largest absolute Gasteiger partial charge is 0.497 e. The first-order valence-corrected chi connectivity index (χ1v) is 8.24. The summed E-state index contributed by atoms with van der Waals surface area (Å²) in [7, 11) is 7.15. The Balaban J connectivity index is 2.38. The van der Waals surface area contributed by atoms with Crippen LogP contribution in [0, 0.1) is 0 Å². The van der Waals surface area contributed by atoms with Crippen molar-refractivity contribution in [1.82, 2.24) is 0 Å². The van der Waals surface area contributed by atoms with E-state index in [9.17, 15) is 4.79 Å². The minimum absolute atomic E-state index is 0.0464. The van der Waals surface area contributed by atoms with Gasteiger partial charge >= 0.3 is 0 Å². The summed E-state index contributed by atoms with van der Waals surface area (Å²) < 4.78 is 10.6. The number of rotatable bonds is 7. The van der Waals surface area contributed by atoms with Gasteiger partial charge in [0.25, 0.3) is 0 Å². The molecule has 25 heavy (non-hydrogen) atoms. The van der Waals surface area contributed by atoms with Gasteiger partial charge < -0.3 is 14.4 Å². The Morgan fingerprint density at radius 1 is 1.04 bits per heavy atom. The van der Waals surface area contributed by atoms with Crippen molar-refractivity contribution in [1.29, 1.82) is 0 Å². The Kier molecular flexibility index (Phi) is 6.23. The average molecular weight is 339 g/mol. The van der Waals surface area contributed by atoms with Crippen LogP contribution in [0.1, 0.15) is 29.3 Å². The molecule has 0 fully saturated rings. The molecule has 132 valence electrons. The summed E-state index contributed by atoms with van der Waals surface area (Å²) >= 11 is 0. The molecule has 2 aromatic carbocycles. The molecule has 0 bridgehead atoms. The second-order valence-corrected chi connectivity index (χ2v) is 5.90. The number of ether oxygens (including phenoxy) is 2. The SMILES string of the molecule is CCC(=Cc1ccc(N(C)C)cc1)C(=O)c1cc(OC)ccc1OC. The number of carbonyl (C=O) groups excluding carboxylic acids is 1. The maximum absolute atomic E-state index is 13.0. The molecular weight excluding hydrogens is 314 g/mol. The number of carbonyl (C=O) groups is 1. The van der Waals surface area contributed by atoms with Crippen LogP contribution in [0.15, 0.2) is 48.0 Å². The number of Topliss-reactive ketones (excluding diaryl/α,β-unsaturated/α-hetero) is 1. The molecule has 0 heterocycles. The summed E-state index contributed by atoms with van der Waals surface area (Å²) in [6.07, 6.45) is 2.56. The molecule has 2 aromatic rings. The second kappa shape index (κ2) is 8.38. The van der Waals surface area contributed by atoms with Gasteiger partial charge in [-0.2, -0.15) is 0 Å². The Hall–Kier alpha value is -2.75. The minimum atomic E-state index is -0.0464. The van der Waals surface area contributed by atoms with Gasteiger partial charge in [-0.3, -0.25) is 4.79 Å². The molecule has 0 aliphatic carbocycles. The fourth-order valence-corrected chi connectivity index (χ4v) is 2.56. The summed E-state index contributed by atoms with van der Waals surface area (Å²) in [5.74, 6) is 1.14. The molecule has 0 unspecified atom stereocenters. The fraction of sp³-hybridized carbons (Fsp3) is 0.286. The van der Waals surface area contributed by atoms with Crippen LogP contribution in [0.4, 0.5) is 5.69 Å². The zero-order valence-electron chi connectivity index (χ0n) is 15.5. The average Bonchev–Trinajstić information content (AvgIpc) is 2.65. The highest BCUT2D eigenvalue weighted by Crippen LogP contribution is 2.28. The topological polar surface area (TPSA) is 38.8 Å². The van der Waals surface area contributed by atoms with Gasteiger partial charge in [-0.1, -0.05) is 19.1 Å². The number of allylic oxidation sites excluding steroid dienone is 1. The Morgan fingerprint density at radius 2 is 1.72 bits per heavy atom. The van der Waals surface area contributed by atoms with Crippen LogP contribution in [0.3, 0.4) is 0 Å². The van der Waals surface area contributed by atoms with E-state index < -0.39 is 0 Å². The van der Waals surface area contributed by atoms with Gasteiger partial charge in [0.15, 0.2) is 5.78 Å². The molecule has 0 aromatic heterocycles. The lowest BCUT2D eigenvalue weighted by molar-refractivity contribution is 0.102. The van der Waals surface area contributed by atoms with E-state index in [2.05, 4.69) is 0 Å². The Morgan fingerprint density at radius 3 is 2.24 bits per heavy atom. The van der Waals surface area contributed by atoms with Gasteiger partial charge in [0.05, 0.1) is 19.8 Å². The summed E-state index contributed by atoms with van der Waals surface area (Å²) in [6, 6.07) is 13.4. The fourth-order valence-electron chi connectivity index (χ4n) is 2.56. The van der Waals surface area contributed by atoms with Gasteiger partial charge in [0.2, 0.25) is 0 Å². The van der Waals surface area contributed by atoms with Crippen LogP contribution in [0.2, 0.25) is 0 Å². The summed E-state index contributed by atoms with van der Waals surface area (Å²) in [5, 5.41) is 0. The molecule has 0 amide bonds. The van der Waals surface area contributed by atoms with E-state index in [1.165, 1.54) is 0 Å². The standard InChI is InChI=1S/C21H25NO3/c1-6-16(13-15-7-9-17(10-8-15)22(2)3)21(23)19-14-18(24-4)11-12-20(19)25-5/h7-14H,6H2,1-5H3. The van der Waals surface area contributed by atoms with Crippen LogP contribution < -0.4 is 14.4 Å². The van der Waals surface area contributed by atoms with E-state index in [0.29, 0.717) is 23.5 Å². The van der Waals surface area contributed by atoms with Crippen LogP contribution in [0.25, 0.3) is 6.08 Å². The highest BCUT2D eigenvalue weighted by atomic mass is 16.5. The van der Waals surface area contributed by atoms with Crippen LogP contribution in [0.5, 0.6) is 11.5 Å². The van der Waals surface area contributed by atoms with E-state index >= 15 is 0 Å². The highest BCUT2D eigenvalue weighted by Gasteiger charge is 2.17. The van der Waals surface area contributed by atoms with Crippen molar-refractivity contribution >= 4 is 17.5 Å². The van der Waals surface area contributed by atoms with Crippen molar-refractivity contribution in [3.8, 4) is 11.5 Å². The van der Waals surface area contributed by atoms with E-state index in [-0.39, 0.29) is 5.78 Å². The summed E-state index contributed by atoms with van der Waals surface area (Å²) in [4.78, 5) is 15.0. The maximum atomic E-state index is 13.0. The lowest BCUT2D eigenvalue weighted by Gasteiger charge is -2.13. The molecule has 0 atom stereocenters. The van der Waals surface area contributed by atoms with E-state index in [4.69, 9.17) is 9.47 Å². The van der Waals surface area contributed by atoms with E-state index in [1.807, 2.05) is 56.3 Å². The third kappa shape index (κ3) is 4.41. The number of hydrogen-bond acceptors (Lipinski definition) is 4. The molecule has 0 aliphatic heterocycles. The molecule has 0 spiro atoms. The van der Waals surface area contributed by atoms with Gasteiger partial charge in [0, 0.05) is 25.4 Å². The molecule has 2 rings (SSSR count). The van der Waals surface area contributed by atoms with Crippen molar-refractivity contribution in [2.24, 2.45) is 0 Å². The van der Waals surface area contributed by atoms with Gasteiger partial charge in [-0.05, 0) is 48.4 Å². The molecule has 4 heteroatoms. The second-order valence-electron chi connectivity index (χ2n) is 5.90. The number of benzene rings is 2. The number of hydrogen-bond donors (Lipinski definition) is 0. The maximum Gasteiger partial charge on any atom is 0.192 e. The molecular formula is C21H25NO3. The van der Waals surface area contributed by atoms with E-state index in [0.717, 1.165) is 16.8 Å². The van der Waals surface area contributed by atoms with Crippen LogP contribution in [-0.2, 0) is 0 Å². The quantitative estimate of drug-likeness (QED) is 0.552. The lowest BCUT2D eigenvalue weighted by Crippen LogP contribution is -2.08.